The topological polar surface area (TPSA) is 85.7 Å². The first-order valence-corrected chi connectivity index (χ1v) is 12.0. The summed E-state index contributed by atoms with van der Waals surface area (Å²) in [6.45, 7) is 7.56. The van der Waals surface area contributed by atoms with Gasteiger partial charge in [-0.2, -0.15) is 5.26 Å². The monoisotopic (exact) mass is 480 g/mol. The molecule has 0 spiro atoms. The third kappa shape index (κ3) is 5.41. The standard InChI is InChI=1S/C26H29ClN4O3/c1-17-15-30(8-9-31(17)26(33)24-7-4-10-34-24)16-21-12-22(27)13-23(18(21)2)29-25(32)20-6-3-5-19(11-20)14-28/h3,5-6,11-13,17,24H,4,7-10,15-16H2,1-2H3,(H,29,32). The van der Waals surface area contributed by atoms with E-state index in [0.29, 0.717) is 41.5 Å². The molecule has 178 valence electrons. The molecule has 2 atom stereocenters. The zero-order valence-electron chi connectivity index (χ0n) is 19.5. The molecule has 2 fully saturated rings. The summed E-state index contributed by atoms with van der Waals surface area (Å²) in [5.74, 6) is -0.183. The average molecular weight is 481 g/mol. The first kappa shape index (κ1) is 24.2. The van der Waals surface area contributed by atoms with Gasteiger partial charge < -0.3 is 15.0 Å². The molecule has 0 radical (unpaired) electrons. The third-order valence-electron chi connectivity index (χ3n) is 6.58. The van der Waals surface area contributed by atoms with Crippen LogP contribution < -0.4 is 5.32 Å². The van der Waals surface area contributed by atoms with Crippen LogP contribution >= 0.6 is 11.6 Å². The molecule has 0 bridgehead atoms. The number of carbonyl (C=O) groups excluding carboxylic acids is 2. The molecule has 0 saturated carbocycles. The first-order valence-electron chi connectivity index (χ1n) is 11.6. The number of hydrogen-bond acceptors (Lipinski definition) is 5. The van der Waals surface area contributed by atoms with E-state index >= 15 is 0 Å². The van der Waals surface area contributed by atoms with E-state index in [1.807, 2.05) is 17.9 Å². The van der Waals surface area contributed by atoms with Gasteiger partial charge in [-0.15, -0.1) is 0 Å². The van der Waals surface area contributed by atoms with E-state index in [1.165, 1.54) is 0 Å². The van der Waals surface area contributed by atoms with Crippen LogP contribution in [0.15, 0.2) is 36.4 Å². The van der Waals surface area contributed by atoms with Crippen LogP contribution in [0.1, 0.15) is 46.8 Å². The van der Waals surface area contributed by atoms with Crippen LogP contribution in [0.4, 0.5) is 5.69 Å². The Labute approximate surface area is 205 Å². The number of rotatable bonds is 5. The minimum Gasteiger partial charge on any atom is -0.368 e. The van der Waals surface area contributed by atoms with E-state index in [2.05, 4.69) is 23.2 Å². The molecular weight excluding hydrogens is 452 g/mol. The van der Waals surface area contributed by atoms with E-state index in [1.54, 1.807) is 30.3 Å². The number of benzene rings is 2. The van der Waals surface area contributed by atoms with Gasteiger partial charge in [0.15, 0.2) is 0 Å². The van der Waals surface area contributed by atoms with E-state index in [0.717, 1.165) is 37.1 Å². The lowest BCUT2D eigenvalue weighted by Crippen LogP contribution is -2.55. The fourth-order valence-electron chi connectivity index (χ4n) is 4.66. The zero-order valence-corrected chi connectivity index (χ0v) is 20.3. The number of carbonyl (C=O) groups is 2. The van der Waals surface area contributed by atoms with Crippen LogP contribution in [0.3, 0.4) is 0 Å². The molecule has 0 aromatic heterocycles. The molecule has 2 saturated heterocycles. The summed E-state index contributed by atoms with van der Waals surface area (Å²) in [5.41, 5.74) is 3.47. The van der Waals surface area contributed by atoms with Crippen molar-refractivity contribution in [1.82, 2.24) is 9.80 Å². The fourth-order valence-corrected chi connectivity index (χ4v) is 4.90. The van der Waals surface area contributed by atoms with Gasteiger partial charge >= 0.3 is 0 Å². The summed E-state index contributed by atoms with van der Waals surface area (Å²) in [5, 5.41) is 12.6. The highest BCUT2D eigenvalue weighted by Crippen LogP contribution is 2.28. The molecule has 0 aliphatic carbocycles. The van der Waals surface area contributed by atoms with Gasteiger partial charge in [-0.25, -0.2) is 0 Å². The first-order chi connectivity index (χ1) is 16.4. The van der Waals surface area contributed by atoms with Crippen molar-refractivity contribution < 1.29 is 14.3 Å². The van der Waals surface area contributed by atoms with Crippen molar-refractivity contribution in [2.45, 2.75) is 45.4 Å². The third-order valence-corrected chi connectivity index (χ3v) is 6.79. The lowest BCUT2D eigenvalue weighted by Gasteiger charge is -2.41. The van der Waals surface area contributed by atoms with Gasteiger partial charge in [0, 0.05) is 55.1 Å². The molecule has 2 heterocycles. The van der Waals surface area contributed by atoms with Crippen molar-refractivity contribution in [2.75, 3.05) is 31.6 Å². The molecular formula is C26H29ClN4O3. The van der Waals surface area contributed by atoms with E-state index < -0.39 is 0 Å². The predicted octanol–water partition coefficient (Wildman–Crippen LogP) is 3.98. The summed E-state index contributed by atoms with van der Waals surface area (Å²) in [4.78, 5) is 29.8. The van der Waals surface area contributed by atoms with E-state index in [4.69, 9.17) is 21.6 Å². The second-order valence-corrected chi connectivity index (χ2v) is 9.44. The Hall–Kier alpha value is -2.92. The van der Waals surface area contributed by atoms with Gasteiger partial charge in [-0.3, -0.25) is 14.5 Å². The van der Waals surface area contributed by atoms with Gasteiger partial charge in [-0.05, 0) is 68.1 Å². The Kier molecular flexibility index (Phi) is 7.52. The summed E-state index contributed by atoms with van der Waals surface area (Å²) in [6, 6.07) is 12.4. The molecule has 2 unspecified atom stereocenters. The summed E-state index contributed by atoms with van der Waals surface area (Å²) < 4.78 is 5.59. The highest BCUT2D eigenvalue weighted by atomic mass is 35.5. The molecule has 1 N–H and O–H groups in total. The molecule has 8 heteroatoms. The van der Waals surface area contributed by atoms with Crippen molar-refractivity contribution in [3.05, 3.63) is 63.7 Å². The average Bonchev–Trinajstić information content (AvgIpc) is 3.37. The van der Waals surface area contributed by atoms with Crippen LogP contribution in [0.25, 0.3) is 0 Å². The SMILES string of the molecule is Cc1c(CN2CCN(C(=O)C3CCCO3)C(C)C2)cc(Cl)cc1NC(=O)c1cccc(C#N)c1. The highest BCUT2D eigenvalue weighted by Gasteiger charge is 2.34. The Morgan fingerprint density at radius 1 is 1.26 bits per heavy atom. The number of halogens is 1. The number of piperazine rings is 1. The number of ether oxygens (including phenoxy) is 1. The Morgan fingerprint density at radius 2 is 2.09 bits per heavy atom. The molecule has 2 aliphatic rings. The summed E-state index contributed by atoms with van der Waals surface area (Å²) in [7, 11) is 0. The molecule has 2 aromatic rings. The number of nitrogens with one attached hydrogen (secondary N) is 1. The summed E-state index contributed by atoms with van der Waals surface area (Å²) in [6.07, 6.45) is 1.47. The lowest BCUT2D eigenvalue weighted by atomic mass is 10.0. The minimum absolute atomic E-state index is 0.0940. The quantitative estimate of drug-likeness (QED) is 0.699. The van der Waals surface area contributed by atoms with Crippen molar-refractivity contribution in [2.24, 2.45) is 0 Å². The van der Waals surface area contributed by atoms with Crippen LogP contribution in [-0.4, -0.2) is 60.0 Å². The second-order valence-electron chi connectivity index (χ2n) is 9.00. The van der Waals surface area contributed by atoms with E-state index in [-0.39, 0.29) is 24.0 Å². The zero-order chi connectivity index (χ0) is 24.2. The smallest absolute Gasteiger partial charge is 0.255 e. The molecule has 2 aromatic carbocycles. The van der Waals surface area contributed by atoms with Crippen LogP contribution in [0.2, 0.25) is 5.02 Å². The minimum atomic E-state index is -0.289. The molecule has 34 heavy (non-hydrogen) atoms. The molecule has 2 amide bonds. The van der Waals surface area contributed by atoms with Crippen molar-refractivity contribution in [3.8, 4) is 6.07 Å². The lowest BCUT2D eigenvalue weighted by molar-refractivity contribution is -0.145. The maximum Gasteiger partial charge on any atom is 0.255 e. The molecule has 7 nitrogen and oxygen atoms in total. The number of anilines is 1. The van der Waals surface area contributed by atoms with Crippen molar-refractivity contribution >= 4 is 29.1 Å². The number of nitrogens with zero attached hydrogens (tertiary/aromatic N) is 3. The van der Waals surface area contributed by atoms with Crippen LogP contribution in [0.5, 0.6) is 0 Å². The number of hydrogen-bond donors (Lipinski definition) is 1. The second kappa shape index (κ2) is 10.6. The Morgan fingerprint density at radius 3 is 2.79 bits per heavy atom. The Bertz CT molecular complexity index is 1120. The number of nitriles is 1. The largest absolute Gasteiger partial charge is 0.368 e. The van der Waals surface area contributed by atoms with Crippen molar-refractivity contribution in [1.29, 1.82) is 5.26 Å². The van der Waals surface area contributed by atoms with Crippen LogP contribution in [0, 0.1) is 18.3 Å². The fraction of sp³-hybridized carbons (Fsp3) is 0.423. The highest BCUT2D eigenvalue weighted by molar-refractivity contribution is 6.31. The van der Waals surface area contributed by atoms with Gasteiger partial charge in [0.25, 0.3) is 11.8 Å². The number of amides is 2. The Balaban J connectivity index is 1.43. The van der Waals surface area contributed by atoms with Crippen LogP contribution in [-0.2, 0) is 16.1 Å². The van der Waals surface area contributed by atoms with Gasteiger partial charge in [0.2, 0.25) is 0 Å². The normalized spacial score (nSPS) is 20.7. The maximum absolute atomic E-state index is 12.8. The predicted molar refractivity (Wildman–Crippen MR) is 131 cm³/mol. The molecule has 4 rings (SSSR count). The van der Waals surface area contributed by atoms with E-state index in [9.17, 15) is 9.59 Å². The molecule has 2 aliphatic heterocycles. The van der Waals surface area contributed by atoms with Crippen molar-refractivity contribution in [3.63, 3.8) is 0 Å². The van der Waals surface area contributed by atoms with Gasteiger partial charge in [0.1, 0.15) is 6.10 Å². The van der Waals surface area contributed by atoms with Gasteiger partial charge in [0.05, 0.1) is 11.6 Å². The maximum atomic E-state index is 12.8. The summed E-state index contributed by atoms with van der Waals surface area (Å²) >= 11 is 6.40. The van der Waals surface area contributed by atoms with Gasteiger partial charge in [-0.1, -0.05) is 17.7 Å².